The maximum absolute atomic E-state index is 4.05. The zero-order chi connectivity index (χ0) is 11.6. The summed E-state index contributed by atoms with van der Waals surface area (Å²) < 4.78 is 0. The van der Waals surface area contributed by atoms with Crippen LogP contribution in [0.25, 0.3) is 0 Å². The summed E-state index contributed by atoms with van der Waals surface area (Å²) in [5.74, 6) is 0. The average Bonchev–Trinajstić information content (AvgIpc) is 2.41. The summed E-state index contributed by atoms with van der Waals surface area (Å²) >= 11 is 0. The highest BCUT2D eigenvalue weighted by molar-refractivity contribution is 8.76. The Bertz CT molecular complexity index is 375. The number of terminal acetylenes is 1. The van der Waals surface area contributed by atoms with E-state index < -0.39 is 0 Å². The van der Waals surface area contributed by atoms with Gasteiger partial charge in [-0.2, -0.15) is 0 Å². The first-order valence-corrected chi connectivity index (χ1v) is 6.58. The summed E-state index contributed by atoms with van der Waals surface area (Å²) in [5.41, 5.74) is 0. The molecule has 0 N–H and O–H groups in total. The third-order valence-electron chi connectivity index (χ3n) is 1.50. The van der Waals surface area contributed by atoms with Crippen LogP contribution < -0.4 is 0 Å². The number of nitrogens with zero attached hydrogens (tertiary/aromatic N) is 2. The highest BCUT2D eigenvalue weighted by atomic mass is 33.1. The molecule has 0 aliphatic carbocycles. The van der Waals surface area contributed by atoms with E-state index in [1.54, 1.807) is 34.0 Å². The number of hydrogen-bond donors (Lipinski definition) is 0. The number of hydrogen-bond acceptors (Lipinski definition) is 4. The molecule has 80 valence electrons. The topological polar surface area (TPSA) is 25.8 Å². The maximum atomic E-state index is 4.05. The van der Waals surface area contributed by atoms with Gasteiger partial charge >= 0.3 is 0 Å². The van der Waals surface area contributed by atoms with E-state index in [1.165, 1.54) is 0 Å². The van der Waals surface area contributed by atoms with Gasteiger partial charge in [-0.25, -0.2) is 0 Å². The predicted molar refractivity (Wildman–Crippen MR) is 70.1 cm³/mol. The molecule has 0 aromatic carbocycles. The summed E-state index contributed by atoms with van der Waals surface area (Å²) in [6.07, 6.45) is 15.3. The SMILES string of the molecule is C#C.c1cncc(SSc2cccnc2)c1. The fraction of sp³-hybridized carbons (Fsp3) is 0. The van der Waals surface area contributed by atoms with E-state index in [2.05, 4.69) is 22.8 Å². The molecule has 16 heavy (non-hydrogen) atoms. The molecule has 4 heteroatoms. The van der Waals surface area contributed by atoms with E-state index >= 15 is 0 Å². The van der Waals surface area contributed by atoms with Crippen LogP contribution in [0.3, 0.4) is 0 Å². The smallest absolute Gasteiger partial charge is 0.0412 e. The van der Waals surface area contributed by atoms with Crippen molar-refractivity contribution in [3.05, 3.63) is 49.1 Å². The molecule has 0 unspecified atom stereocenters. The molecular formula is C12H10N2S2. The van der Waals surface area contributed by atoms with Gasteiger partial charge in [-0.3, -0.25) is 9.97 Å². The largest absolute Gasteiger partial charge is 0.264 e. The molecule has 2 heterocycles. The van der Waals surface area contributed by atoms with Crippen molar-refractivity contribution >= 4 is 21.6 Å². The summed E-state index contributed by atoms with van der Waals surface area (Å²) in [7, 11) is 3.38. The molecule has 0 spiro atoms. The molecule has 2 aromatic heterocycles. The molecule has 2 aromatic rings. The third kappa shape index (κ3) is 4.39. The van der Waals surface area contributed by atoms with Crippen LogP contribution in [-0.4, -0.2) is 9.97 Å². The molecule has 2 rings (SSSR count). The predicted octanol–water partition coefficient (Wildman–Crippen LogP) is 3.53. The maximum Gasteiger partial charge on any atom is 0.0412 e. The van der Waals surface area contributed by atoms with Crippen molar-refractivity contribution in [2.45, 2.75) is 9.79 Å². The minimum Gasteiger partial charge on any atom is -0.264 e. The molecule has 0 fully saturated rings. The van der Waals surface area contributed by atoms with E-state index in [-0.39, 0.29) is 0 Å². The monoisotopic (exact) mass is 246 g/mol. The minimum atomic E-state index is 1.15. The van der Waals surface area contributed by atoms with E-state index in [0.717, 1.165) is 9.79 Å². The van der Waals surface area contributed by atoms with E-state index in [4.69, 9.17) is 0 Å². The lowest BCUT2D eigenvalue weighted by atomic mass is 10.5. The lowest BCUT2D eigenvalue weighted by Gasteiger charge is -1.98. The van der Waals surface area contributed by atoms with Gasteiger partial charge in [0.1, 0.15) is 0 Å². The second-order valence-electron chi connectivity index (χ2n) is 2.54. The fourth-order valence-electron chi connectivity index (χ4n) is 0.889. The summed E-state index contributed by atoms with van der Waals surface area (Å²) in [5, 5.41) is 0. The van der Waals surface area contributed by atoms with Gasteiger partial charge in [0.2, 0.25) is 0 Å². The quantitative estimate of drug-likeness (QED) is 0.611. The third-order valence-corrected chi connectivity index (χ3v) is 3.86. The molecular weight excluding hydrogens is 236 g/mol. The van der Waals surface area contributed by atoms with Gasteiger partial charge < -0.3 is 0 Å². The molecule has 0 bridgehead atoms. The average molecular weight is 246 g/mol. The van der Waals surface area contributed by atoms with Crippen molar-refractivity contribution in [1.29, 1.82) is 0 Å². The van der Waals surface area contributed by atoms with Crippen LogP contribution in [0, 0.1) is 12.8 Å². The Morgan fingerprint density at radius 1 is 0.812 bits per heavy atom. The van der Waals surface area contributed by atoms with Crippen LogP contribution in [0.1, 0.15) is 0 Å². The first-order chi connectivity index (χ1) is 7.95. The lowest BCUT2D eigenvalue weighted by molar-refractivity contribution is 1.24. The van der Waals surface area contributed by atoms with E-state index in [1.807, 2.05) is 36.7 Å². The van der Waals surface area contributed by atoms with Crippen molar-refractivity contribution in [1.82, 2.24) is 9.97 Å². The summed E-state index contributed by atoms with van der Waals surface area (Å²) in [4.78, 5) is 10.4. The Labute approximate surface area is 103 Å². The first kappa shape index (κ1) is 12.6. The zero-order valence-electron chi connectivity index (χ0n) is 8.48. The van der Waals surface area contributed by atoms with Crippen molar-refractivity contribution in [3.63, 3.8) is 0 Å². The Morgan fingerprint density at radius 2 is 1.25 bits per heavy atom. The van der Waals surface area contributed by atoms with Crippen LogP contribution >= 0.6 is 21.6 Å². The number of pyridine rings is 2. The van der Waals surface area contributed by atoms with E-state index in [0.29, 0.717) is 0 Å². The standard InChI is InChI=1S/C10H8N2S2.C2H2/c1-3-9(7-11-5-1)13-14-10-4-2-6-12-8-10;1-2/h1-8H;1-2H. The van der Waals surface area contributed by atoms with Gasteiger partial charge in [0.25, 0.3) is 0 Å². The van der Waals surface area contributed by atoms with Crippen LogP contribution in [0.2, 0.25) is 0 Å². The van der Waals surface area contributed by atoms with Gasteiger partial charge in [0.05, 0.1) is 0 Å². The second-order valence-corrected chi connectivity index (χ2v) is 4.82. The number of rotatable bonds is 3. The van der Waals surface area contributed by atoms with Gasteiger partial charge in [0.15, 0.2) is 0 Å². The number of aromatic nitrogens is 2. The Kier molecular flexibility index (Phi) is 6.16. The van der Waals surface area contributed by atoms with Crippen LogP contribution in [0.15, 0.2) is 58.8 Å². The second kappa shape index (κ2) is 7.80. The summed E-state index contributed by atoms with van der Waals surface area (Å²) in [6, 6.07) is 7.96. The van der Waals surface area contributed by atoms with E-state index in [9.17, 15) is 0 Å². The Hall–Kier alpha value is -1.44. The summed E-state index contributed by atoms with van der Waals surface area (Å²) in [6.45, 7) is 0. The molecule has 0 atom stereocenters. The van der Waals surface area contributed by atoms with Crippen molar-refractivity contribution < 1.29 is 0 Å². The highest BCUT2D eigenvalue weighted by Crippen LogP contribution is 2.35. The first-order valence-electron chi connectivity index (χ1n) is 4.43. The van der Waals surface area contributed by atoms with Crippen LogP contribution in [0.4, 0.5) is 0 Å². The Morgan fingerprint density at radius 3 is 1.56 bits per heavy atom. The van der Waals surface area contributed by atoms with Crippen molar-refractivity contribution in [2.75, 3.05) is 0 Å². The van der Waals surface area contributed by atoms with Gasteiger partial charge in [-0.15, -0.1) is 12.8 Å². The van der Waals surface area contributed by atoms with Crippen LogP contribution in [0.5, 0.6) is 0 Å². The van der Waals surface area contributed by atoms with Crippen LogP contribution in [-0.2, 0) is 0 Å². The molecule has 0 saturated heterocycles. The molecule has 2 nitrogen and oxygen atoms in total. The normalized spacial score (nSPS) is 8.88. The zero-order valence-corrected chi connectivity index (χ0v) is 10.1. The lowest BCUT2D eigenvalue weighted by Crippen LogP contribution is -1.72. The molecule has 0 saturated carbocycles. The minimum absolute atomic E-state index is 1.15. The highest BCUT2D eigenvalue weighted by Gasteiger charge is 1.95. The molecule has 0 amide bonds. The van der Waals surface area contributed by atoms with Gasteiger partial charge in [-0.1, -0.05) is 21.6 Å². The molecule has 0 aliphatic heterocycles. The van der Waals surface area contributed by atoms with Gasteiger partial charge in [-0.05, 0) is 24.3 Å². The Balaban J connectivity index is 0.000000606. The van der Waals surface area contributed by atoms with Crippen molar-refractivity contribution in [2.24, 2.45) is 0 Å². The molecule has 0 aliphatic rings. The molecule has 0 radical (unpaired) electrons. The van der Waals surface area contributed by atoms with Crippen molar-refractivity contribution in [3.8, 4) is 12.8 Å². The van der Waals surface area contributed by atoms with Gasteiger partial charge in [0, 0.05) is 34.6 Å². The fourth-order valence-corrected chi connectivity index (χ4v) is 2.73.